The molecule has 1 heterocycles. The number of nitrogens with zero attached hydrogens (tertiary/aromatic N) is 1. The van der Waals surface area contributed by atoms with Gasteiger partial charge in [0.05, 0.1) is 5.69 Å². The van der Waals surface area contributed by atoms with Crippen LogP contribution in [-0.4, -0.2) is 19.1 Å². The van der Waals surface area contributed by atoms with Gasteiger partial charge in [-0.2, -0.15) is 0 Å². The van der Waals surface area contributed by atoms with Gasteiger partial charge in [-0.1, -0.05) is 44.0 Å². The number of carbonyl (C=O) groups excluding carboxylic acids is 1. The number of unbranched alkanes of at least 4 members (excludes halogenated alkanes) is 2. The molecule has 102 valence electrons. The lowest BCUT2D eigenvalue weighted by molar-refractivity contribution is -0.129. The minimum atomic E-state index is -0.437. The molecule has 0 radical (unpaired) electrons. The molecule has 0 fully saturated rings. The molecule has 0 saturated carbocycles. The second kappa shape index (κ2) is 6.53. The van der Waals surface area contributed by atoms with E-state index in [2.05, 4.69) is 13.5 Å². The zero-order valence-electron chi connectivity index (χ0n) is 11.5. The lowest BCUT2D eigenvalue weighted by atomic mass is 10.1. The third-order valence-corrected chi connectivity index (χ3v) is 3.34. The minimum Gasteiger partial charge on any atom is -0.364 e. The lowest BCUT2D eigenvalue weighted by Crippen LogP contribution is -2.29. The summed E-state index contributed by atoms with van der Waals surface area (Å²) < 4.78 is 5.79. The topological polar surface area (TPSA) is 29.5 Å². The van der Waals surface area contributed by atoms with Gasteiger partial charge in [0.15, 0.2) is 6.10 Å². The van der Waals surface area contributed by atoms with Gasteiger partial charge in [-0.05, 0) is 12.5 Å². The molecule has 0 spiro atoms. The van der Waals surface area contributed by atoms with Crippen LogP contribution < -0.4 is 4.90 Å². The van der Waals surface area contributed by atoms with Gasteiger partial charge < -0.3 is 9.64 Å². The van der Waals surface area contributed by atoms with E-state index >= 15 is 0 Å². The molecule has 1 aliphatic heterocycles. The van der Waals surface area contributed by atoms with E-state index < -0.39 is 6.10 Å². The van der Waals surface area contributed by atoms with E-state index in [1.807, 2.05) is 24.3 Å². The van der Waals surface area contributed by atoms with Crippen LogP contribution in [0.2, 0.25) is 0 Å². The fourth-order valence-corrected chi connectivity index (χ4v) is 2.38. The highest BCUT2D eigenvalue weighted by atomic mass is 16.5. The number of hydrogen-bond acceptors (Lipinski definition) is 2. The number of hydrogen-bond donors (Lipinski definition) is 0. The first-order valence-corrected chi connectivity index (χ1v) is 6.92. The first kappa shape index (κ1) is 13.8. The average molecular weight is 259 g/mol. The van der Waals surface area contributed by atoms with Crippen LogP contribution in [0.1, 0.15) is 37.9 Å². The number of fused-ring (bicyclic) bond motifs is 1. The van der Waals surface area contributed by atoms with Crippen molar-refractivity contribution in [3.63, 3.8) is 0 Å². The molecular formula is C16H21NO2. The Bertz CT molecular complexity index is 456. The van der Waals surface area contributed by atoms with Crippen molar-refractivity contribution in [3.05, 3.63) is 42.5 Å². The Morgan fingerprint density at radius 3 is 2.89 bits per heavy atom. The van der Waals surface area contributed by atoms with Gasteiger partial charge in [-0.25, -0.2) is 0 Å². The van der Waals surface area contributed by atoms with E-state index in [0.29, 0.717) is 13.2 Å². The average Bonchev–Trinajstić information content (AvgIpc) is 2.69. The van der Waals surface area contributed by atoms with Crippen LogP contribution in [0.4, 0.5) is 5.69 Å². The Balaban J connectivity index is 2.11. The molecule has 0 bridgehead atoms. The van der Waals surface area contributed by atoms with Crippen LogP contribution in [-0.2, 0) is 9.53 Å². The Hall–Kier alpha value is -1.61. The first-order chi connectivity index (χ1) is 9.29. The third-order valence-electron chi connectivity index (χ3n) is 3.34. The molecule has 1 aliphatic rings. The van der Waals surface area contributed by atoms with Crippen LogP contribution in [0.25, 0.3) is 0 Å². The van der Waals surface area contributed by atoms with E-state index in [4.69, 9.17) is 4.74 Å². The maximum atomic E-state index is 12.4. The molecule has 3 nitrogen and oxygen atoms in total. The van der Waals surface area contributed by atoms with Crippen LogP contribution in [0.3, 0.4) is 0 Å². The number of amides is 1. The lowest BCUT2D eigenvalue weighted by Gasteiger charge is -2.15. The molecule has 1 amide bonds. The fraction of sp³-hybridized carbons (Fsp3) is 0.438. The van der Waals surface area contributed by atoms with Gasteiger partial charge in [0.2, 0.25) is 0 Å². The van der Waals surface area contributed by atoms with Crippen LogP contribution in [0, 0.1) is 0 Å². The molecule has 1 atom stereocenters. The quantitative estimate of drug-likeness (QED) is 0.554. The number of anilines is 1. The molecule has 1 aromatic carbocycles. The summed E-state index contributed by atoms with van der Waals surface area (Å²) in [7, 11) is 0. The van der Waals surface area contributed by atoms with Crippen molar-refractivity contribution in [3.8, 4) is 0 Å². The van der Waals surface area contributed by atoms with Crippen molar-refractivity contribution in [2.75, 3.05) is 18.1 Å². The SMILES string of the molecule is C=CCN1C(=O)C(OCCCCC)c2ccccc21. The molecule has 0 aromatic heterocycles. The molecule has 19 heavy (non-hydrogen) atoms. The zero-order chi connectivity index (χ0) is 13.7. The minimum absolute atomic E-state index is 0.0256. The second-order valence-electron chi connectivity index (χ2n) is 4.75. The van der Waals surface area contributed by atoms with Gasteiger partial charge in [0, 0.05) is 18.7 Å². The van der Waals surface area contributed by atoms with Gasteiger partial charge in [-0.15, -0.1) is 6.58 Å². The molecule has 0 saturated heterocycles. The summed E-state index contributed by atoms with van der Waals surface area (Å²) in [5.41, 5.74) is 1.93. The molecule has 0 aliphatic carbocycles. The van der Waals surface area contributed by atoms with E-state index in [-0.39, 0.29) is 5.91 Å². The van der Waals surface area contributed by atoms with Crippen molar-refractivity contribution in [2.24, 2.45) is 0 Å². The van der Waals surface area contributed by atoms with Crippen molar-refractivity contribution in [1.82, 2.24) is 0 Å². The summed E-state index contributed by atoms with van der Waals surface area (Å²) in [6.07, 6.45) is 4.60. The zero-order valence-corrected chi connectivity index (χ0v) is 11.5. The molecule has 1 aromatic rings. The summed E-state index contributed by atoms with van der Waals surface area (Å²) in [4.78, 5) is 14.1. The Labute approximate surface area is 114 Å². The Kier molecular flexibility index (Phi) is 4.74. The van der Waals surface area contributed by atoms with E-state index in [9.17, 15) is 4.79 Å². The molecule has 3 heteroatoms. The number of ether oxygens (including phenoxy) is 1. The van der Waals surface area contributed by atoms with Crippen LogP contribution >= 0.6 is 0 Å². The maximum absolute atomic E-state index is 12.4. The third kappa shape index (κ3) is 2.87. The number of carbonyl (C=O) groups is 1. The smallest absolute Gasteiger partial charge is 0.261 e. The monoisotopic (exact) mass is 259 g/mol. The van der Waals surface area contributed by atoms with Gasteiger partial charge in [0.25, 0.3) is 5.91 Å². The van der Waals surface area contributed by atoms with Crippen LogP contribution in [0.5, 0.6) is 0 Å². The van der Waals surface area contributed by atoms with Crippen LogP contribution in [0.15, 0.2) is 36.9 Å². The number of rotatable bonds is 7. The highest BCUT2D eigenvalue weighted by Gasteiger charge is 2.36. The van der Waals surface area contributed by atoms with Crippen molar-refractivity contribution in [1.29, 1.82) is 0 Å². The van der Waals surface area contributed by atoms with E-state index in [1.54, 1.807) is 11.0 Å². The second-order valence-corrected chi connectivity index (χ2v) is 4.75. The maximum Gasteiger partial charge on any atom is 0.261 e. The van der Waals surface area contributed by atoms with Crippen molar-refractivity contribution < 1.29 is 9.53 Å². The van der Waals surface area contributed by atoms with E-state index in [0.717, 1.165) is 30.5 Å². The highest BCUT2D eigenvalue weighted by Crippen LogP contribution is 2.37. The fourth-order valence-electron chi connectivity index (χ4n) is 2.38. The van der Waals surface area contributed by atoms with Crippen molar-refractivity contribution in [2.45, 2.75) is 32.3 Å². The standard InChI is InChI=1S/C16H21NO2/c1-3-5-8-12-19-15-13-9-6-7-10-14(13)17(11-4-2)16(15)18/h4,6-7,9-10,15H,2-3,5,8,11-12H2,1H3. The van der Waals surface area contributed by atoms with Crippen molar-refractivity contribution >= 4 is 11.6 Å². The summed E-state index contributed by atoms with van der Waals surface area (Å²) in [5, 5.41) is 0. The Morgan fingerprint density at radius 2 is 2.16 bits per heavy atom. The predicted molar refractivity (Wildman–Crippen MR) is 77.2 cm³/mol. The number of benzene rings is 1. The highest BCUT2D eigenvalue weighted by molar-refractivity contribution is 6.04. The molecule has 2 rings (SSSR count). The molecular weight excluding hydrogens is 238 g/mol. The summed E-state index contributed by atoms with van der Waals surface area (Å²) >= 11 is 0. The Morgan fingerprint density at radius 1 is 1.37 bits per heavy atom. The first-order valence-electron chi connectivity index (χ1n) is 6.92. The largest absolute Gasteiger partial charge is 0.364 e. The summed E-state index contributed by atoms with van der Waals surface area (Å²) in [5.74, 6) is 0.0256. The molecule has 1 unspecified atom stereocenters. The van der Waals surface area contributed by atoms with Gasteiger partial charge >= 0.3 is 0 Å². The van der Waals surface area contributed by atoms with Gasteiger partial charge in [-0.3, -0.25) is 4.79 Å². The summed E-state index contributed by atoms with van der Waals surface area (Å²) in [6.45, 7) is 7.03. The molecule has 0 N–H and O–H groups in total. The predicted octanol–water partition coefficient (Wildman–Crippen LogP) is 3.47. The van der Waals surface area contributed by atoms with E-state index in [1.165, 1.54) is 0 Å². The number of para-hydroxylation sites is 1. The normalized spacial score (nSPS) is 17.6. The van der Waals surface area contributed by atoms with Gasteiger partial charge in [0.1, 0.15) is 0 Å². The summed E-state index contributed by atoms with van der Waals surface area (Å²) in [6, 6.07) is 7.83.